The molecule has 2 heterocycles. The number of hydrogen-bond donors (Lipinski definition) is 2. The number of pyridine rings is 1. The molecule has 3 rings (SSSR count). The number of benzene rings is 1. The van der Waals surface area contributed by atoms with Crippen LogP contribution in [0.1, 0.15) is 24.4 Å². The number of nitrogens with zero attached hydrogens (tertiary/aromatic N) is 2. The molecule has 1 atom stereocenters. The molecule has 5 heteroatoms. The zero-order valence-corrected chi connectivity index (χ0v) is 12.9. The summed E-state index contributed by atoms with van der Waals surface area (Å²) in [6, 6.07) is 10.1. The van der Waals surface area contributed by atoms with E-state index in [-0.39, 0.29) is 6.04 Å². The number of para-hydroxylation sites is 2. The molecular formula is C15H15BrN4. The summed E-state index contributed by atoms with van der Waals surface area (Å²) in [4.78, 5) is 12.3. The number of aromatic amines is 1. The summed E-state index contributed by atoms with van der Waals surface area (Å²) in [6.45, 7) is 4.10. The number of aryl methyl sites for hydroxylation is 1. The zero-order chi connectivity index (χ0) is 14.1. The predicted octanol–water partition coefficient (Wildman–Crippen LogP) is 4.20. The fourth-order valence-corrected chi connectivity index (χ4v) is 2.59. The summed E-state index contributed by atoms with van der Waals surface area (Å²) >= 11 is 3.42. The predicted molar refractivity (Wildman–Crippen MR) is 84.8 cm³/mol. The van der Waals surface area contributed by atoms with Gasteiger partial charge >= 0.3 is 0 Å². The molecule has 20 heavy (non-hydrogen) atoms. The summed E-state index contributed by atoms with van der Waals surface area (Å²) in [5, 5.41) is 3.39. The minimum absolute atomic E-state index is 0.0646. The number of rotatable bonds is 3. The van der Waals surface area contributed by atoms with Crippen LogP contribution in [0.4, 0.5) is 5.82 Å². The Morgan fingerprint density at radius 3 is 2.85 bits per heavy atom. The highest BCUT2D eigenvalue weighted by molar-refractivity contribution is 9.10. The molecule has 2 aromatic heterocycles. The molecule has 0 aliphatic rings. The van der Waals surface area contributed by atoms with Gasteiger partial charge in [0.2, 0.25) is 0 Å². The topological polar surface area (TPSA) is 53.6 Å². The van der Waals surface area contributed by atoms with Gasteiger partial charge in [-0.3, -0.25) is 0 Å². The Hall–Kier alpha value is -1.88. The van der Waals surface area contributed by atoms with Crippen molar-refractivity contribution in [3.63, 3.8) is 0 Å². The van der Waals surface area contributed by atoms with Crippen LogP contribution in [0, 0.1) is 6.92 Å². The molecule has 102 valence electrons. The molecule has 0 radical (unpaired) electrons. The van der Waals surface area contributed by atoms with Gasteiger partial charge in [-0.25, -0.2) is 9.97 Å². The number of anilines is 1. The molecule has 2 N–H and O–H groups in total. The highest BCUT2D eigenvalue weighted by atomic mass is 79.9. The van der Waals surface area contributed by atoms with Gasteiger partial charge in [0.15, 0.2) is 0 Å². The molecule has 3 aromatic rings. The highest BCUT2D eigenvalue weighted by Gasteiger charge is 2.12. The summed E-state index contributed by atoms with van der Waals surface area (Å²) in [6.07, 6.45) is 1.79. The van der Waals surface area contributed by atoms with Crippen molar-refractivity contribution in [2.75, 3.05) is 5.32 Å². The number of hydrogen-bond acceptors (Lipinski definition) is 3. The quantitative estimate of drug-likeness (QED) is 0.756. The second-order valence-electron chi connectivity index (χ2n) is 4.82. The lowest BCUT2D eigenvalue weighted by atomic mass is 10.2. The Bertz CT molecular complexity index is 717. The smallest absolute Gasteiger partial charge is 0.129 e. The fraction of sp³-hybridized carbons (Fsp3) is 0.200. The van der Waals surface area contributed by atoms with Gasteiger partial charge in [0.1, 0.15) is 11.6 Å². The minimum Gasteiger partial charge on any atom is -0.360 e. The van der Waals surface area contributed by atoms with Crippen LogP contribution in [0.5, 0.6) is 0 Å². The summed E-state index contributed by atoms with van der Waals surface area (Å²) in [7, 11) is 0. The van der Waals surface area contributed by atoms with E-state index in [0.29, 0.717) is 0 Å². The third kappa shape index (κ3) is 2.54. The molecule has 0 amide bonds. The summed E-state index contributed by atoms with van der Waals surface area (Å²) < 4.78 is 0.983. The Morgan fingerprint density at radius 1 is 1.30 bits per heavy atom. The number of nitrogens with one attached hydrogen (secondary N) is 2. The van der Waals surface area contributed by atoms with E-state index in [0.717, 1.165) is 32.7 Å². The van der Waals surface area contributed by atoms with E-state index >= 15 is 0 Å². The van der Waals surface area contributed by atoms with E-state index in [4.69, 9.17) is 0 Å². The molecule has 0 saturated carbocycles. The first-order valence-electron chi connectivity index (χ1n) is 6.47. The number of halogens is 1. The molecule has 1 aromatic carbocycles. The third-order valence-electron chi connectivity index (χ3n) is 3.22. The SMILES string of the molecule is Cc1cc(Br)cnc1NC(C)c1nc2ccccc2[nH]1. The van der Waals surface area contributed by atoms with Crippen LogP contribution in [0.15, 0.2) is 41.0 Å². The number of imidazole rings is 1. The van der Waals surface area contributed by atoms with Crippen LogP contribution in [-0.2, 0) is 0 Å². The largest absolute Gasteiger partial charge is 0.360 e. The Labute approximate surface area is 125 Å². The maximum atomic E-state index is 4.60. The van der Waals surface area contributed by atoms with Gasteiger partial charge in [-0.2, -0.15) is 0 Å². The third-order valence-corrected chi connectivity index (χ3v) is 3.65. The minimum atomic E-state index is 0.0646. The fourth-order valence-electron chi connectivity index (χ4n) is 2.14. The van der Waals surface area contributed by atoms with Crippen LogP contribution in [0.25, 0.3) is 11.0 Å². The monoisotopic (exact) mass is 330 g/mol. The van der Waals surface area contributed by atoms with E-state index in [9.17, 15) is 0 Å². The van der Waals surface area contributed by atoms with Crippen molar-refractivity contribution in [2.24, 2.45) is 0 Å². The van der Waals surface area contributed by atoms with Crippen molar-refractivity contribution in [1.29, 1.82) is 0 Å². The van der Waals surface area contributed by atoms with Crippen molar-refractivity contribution in [3.8, 4) is 0 Å². The maximum Gasteiger partial charge on any atom is 0.129 e. The van der Waals surface area contributed by atoms with Crippen molar-refractivity contribution in [2.45, 2.75) is 19.9 Å². The average molecular weight is 331 g/mol. The van der Waals surface area contributed by atoms with Gasteiger partial charge in [0.05, 0.1) is 17.1 Å². The number of aromatic nitrogens is 3. The second-order valence-corrected chi connectivity index (χ2v) is 5.74. The van der Waals surface area contributed by atoms with Crippen LogP contribution >= 0.6 is 15.9 Å². The van der Waals surface area contributed by atoms with Crippen molar-refractivity contribution < 1.29 is 0 Å². The molecule has 0 spiro atoms. The van der Waals surface area contributed by atoms with Gasteiger partial charge in [0.25, 0.3) is 0 Å². The van der Waals surface area contributed by atoms with Gasteiger partial charge < -0.3 is 10.3 Å². The van der Waals surface area contributed by atoms with E-state index in [1.165, 1.54) is 0 Å². The highest BCUT2D eigenvalue weighted by Crippen LogP contribution is 2.22. The molecule has 0 bridgehead atoms. The van der Waals surface area contributed by atoms with Gasteiger partial charge in [-0.15, -0.1) is 0 Å². The van der Waals surface area contributed by atoms with Gasteiger partial charge in [-0.1, -0.05) is 12.1 Å². The van der Waals surface area contributed by atoms with E-state index in [1.54, 1.807) is 6.20 Å². The molecular weight excluding hydrogens is 316 g/mol. The van der Waals surface area contributed by atoms with Crippen molar-refractivity contribution in [3.05, 3.63) is 52.4 Å². The molecule has 0 aliphatic carbocycles. The van der Waals surface area contributed by atoms with Crippen LogP contribution in [0.3, 0.4) is 0 Å². The lowest BCUT2D eigenvalue weighted by molar-refractivity contribution is 0.806. The first kappa shape index (κ1) is 13.1. The van der Waals surface area contributed by atoms with E-state index in [1.807, 2.05) is 37.3 Å². The Balaban J connectivity index is 1.86. The summed E-state index contributed by atoms with van der Waals surface area (Å²) in [5.41, 5.74) is 3.13. The lowest BCUT2D eigenvalue weighted by Gasteiger charge is -2.14. The standard InChI is InChI=1S/C15H15BrN4/c1-9-7-11(16)8-17-14(9)18-10(2)15-19-12-5-3-4-6-13(12)20-15/h3-8,10H,1-2H3,(H,17,18)(H,19,20). The Kier molecular flexibility index (Phi) is 3.44. The maximum absolute atomic E-state index is 4.60. The molecule has 4 nitrogen and oxygen atoms in total. The second kappa shape index (κ2) is 5.25. The number of H-pyrrole nitrogens is 1. The summed E-state index contributed by atoms with van der Waals surface area (Å²) in [5.74, 6) is 1.79. The molecule has 0 aliphatic heterocycles. The van der Waals surface area contributed by atoms with E-state index in [2.05, 4.69) is 43.1 Å². The van der Waals surface area contributed by atoms with E-state index < -0.39 is 0 Å². The molecule has 1 unspecified atom stereocenters. The molecule has 0 saturated heterocycles. The van der Waals surface area contributed by atoms with Gasteiger partial charge in [-0.05, 0) is 53.5 Å². The van der Waals surface area contributed by atoms with Crippen molar-refractivity contribution in [1.82, 2.24) is 15.0 Å². The lowest BCUT2D eigenvalue weighted by Crippen LogP contribution is -2.10. The van der Waals surface area contributed by atoms with Crippen LogP contribution in [0.2, 0.25) is 0 Å². The number of fused-ring (bicyclic) bond motifs is 1. The van der Waals surface area contributed by atoms with Gasteiger partial charge in [0, 0.05) is 10.7 Å². The van der Waals surface area contributed by atoms with Crippen LogP contribution in [-0.4, -0.2) is 15.0 Å². The first-order chi connectivity index (χ1) is 9.63. The molecule has 0 fully saturated rings. The van der Waals surface area contributed by atoms with Crippen LogP contribution < -0.4 is 5.32 Å². The average Bonchev–Trinajstić information content (AvgIpc) is 2.86. The first-order valence-corrected chi connectivity index (χ1v) is 7.26. The zero-order valence-electron chi connectivity index (χ0n) is 11.3. The van der Waals surface area contributed by atoms with Crippen molar-refractivity contribution >= 4 is 32.8 Å². The Morgan fingerprint density at radius 2 is 2.10 bits per heavy atom. The normalized spacial score (nSPS) is 12.6.